The molecule has 17 nitrogen and oxygen atoms in total. The number of esters is 4. The second-order valence-electron chi connectivity index (χ2n) is 25.2. The molecule has 0 fully saturated rings. The monoisotopic (exact) mass is 1510 g/mol. The molecule has 19 heteroatoms. The zero-order chi connectivity index (χ0) is 77.4. The van der Waals surface area contributed by atoms with E-state index in [-0.39, 0.29) is 25.7 Å². The van der Waals surface area contributed by atoms with Gasteiger partial charge < -0.3 is 33.8 Å². The molecule has 0 saturated carbocycles. The first-order valence-electron chi connectivity index (χ1n) is 39.3. The van der Waals surface area contributed by atoms with Crippen LogP contribution in [0.5, 0.6) is 0 Å². The molecule has 0 aliphatic carbocycles. The molecule has 0 aliphatic heterocycles. The van der Waals surface area contributed by atoms with Gasteiger partial charge in [-0.1, -0.05) is 286 Å². The molecule has 0 aromatic rings. The van der Waals surface area contributed by atoms with Crippen molar-refractivity contribution in [3.8, 4) is 0 Å². The standard InChI is InChI=1S/C87H136O17P2/c1-5-9-13-17-21-25-29-33-36-38-40-42-45-48-51-55-59-63-67-71-84(89)97-77-82(103-86(91)73-69-65-61-57-53-47-32-28-24-20-16-12-8-4)79-101-105(93,94)99-75-81(88)76-100-106(95,96)102-80-83(104-87(92)74-70-66-62-58-54-50-44-35-31-27-23-19-15-11-7-3)78-98-85(90)72-68-64-60-56-52-49-46-43-41-39-37-34-30-26-22-18-14-10-6-2/h9-11,13-16,20-23,25-28,32-37,40-44,48,51,54,58-59,63,66,70,81-83,88H,5-8,12,17-19,24,29-31,38-39,45-47,49-50,52-53,55-57,60-62,64-65,67-69,71-80H2,1-4H3,(H,93,94)(H,95,96)/b13-9-,14-10-,15-11-,20-16-,25-21-,26-22-,27-23-,32-28-,36-33-,37-34-,42-40-,43-41-,44-35-,51-48-,58-54-,63-59-,70-66-. The van der Waals surface area contributed by atoms with E-state index in [2.05, 4.69) is 192 Å². The molecule has 5 atom stereocenters. The topological polar surface area (TPSA) is 237 Å². The molecule has 596 valence electrons. The Morgan fingerprint density at radius 3 is 0.896 bits per heavy atom. The maximum Gasteiger partial charge on any atom is 0.472 e. The number of carbonyl (C=O) groups is 4. The van der Waals surface area contributed by atoms with Gasteiger partial charge >= 0.3 is 39.5 Å². The van der Waals surface area contributed by atoms with Gasteiger partial charge in [-0.2, -0.15) is 0 Å². The minimum Gasteiger partial charge on any atom is -0.462 e. The highest BCUT2D eigenvalue weighted by Crippen LogP contribution is 2.45. The van der Waals surface area contributed by atoms with Crippen LogP contribution in [0.1, 0.15) is 259 Å². The fraction of sp³-hybridized carbons (Fsp3) is 0.563. The number of hydrogen-bond acceptors (Lipinski definition) is 15. The van der Waals surface area contributed by atoms with Crippen molar-refractivity contribution < 1.29 is 80.2 Å². The zero-order valence-electron chi connectivity index (χ0n) is 65.0. The molecule has 0 heterocycles. The first kappa shape index (κ1) is 99.6. The third-order valence-electron chi connectivity index (χ3n) is 15.3. The summed E-state index contributed by atoms with van der Waals surface area (Å²) in [5.41, 5.74) is 0. The number of aliphatic hydroxyl groups excluding tert-OH is 1. The lowest BCUT2D eigenvalue weighted by molar-refractivity contribution is -0.161. The second-order valence-corrected chi connectivity index (χ2v) is 28.1. The van der Waals surface area contributed by atoms with Crippen LogP contribution in [0.25, 0.3) is 0 Å². The smallest absolute Gasteiger partial charge is 0.462 e. The average molecular weight is 1520 g/mol. The molecule has 0 bridgehead atoms. The molecule has 106 heavy (non-hydrogen) atoms. The maximum absolute atomic E-state index is 13.1. The number of allylic oxidation sites excluding steroid dienone is 33. The van der Waals surface area contributed by atoms with Gasteiger partial charge in [0, 0.05) is 19.3 Å². The lowest BCUT2D eigenvalue weighted by Gasteiger charge is -2.21. The molecule has 3 N–H and O–H groups in total. The first-order chi connectivity index (χ1) is 51.7. The van der Waals surface area contributed by atoms with Crippen LogP contribution in [-0.2, 0) is 65.4 Å². The van der Waals surface area contributed by atoms with E-state index in [9.17, 15) is 43.2 Å². The summed E-state index contributed by atoms with van der Waals surface area (Å²) in [6, 6.07) is 0. The number of phosphoric ester groups is 2. The van der Waals surface area contributed by atoms with E-state index in [1.54, 1.807) is 12.2 Å². The van der Waals surface area contributed by atoms with Crippen LogP contribution in [0.2, 0.25) is 0 Å². The van der Waals surface area contributed by atoms with Gasteiger partial charge in [0.2, 0.25) is 0 Å². The number of ether oxygens (including phenoxy) is 4. The quantitative estimate of drug-likeness (QED) is 0.0169. The fourth-order valence-corrected chi connectivity index (χ4v) is 11.0. The maximum atomic E-state index is 13.1. The normalized spacial score (nSPS) is 15.0. The third kappa shape index (κ3) is 75.9. The Labute approximate surface area is 639 Å². The van der Waals surface area contributed by atoms with Crippen LogP contribution >= 0.6 is 15.6 Å². The Balaban J connectivity index is 5.51. The second kappa shape index (κ2) is 76.8. The van der Waals surface area contributed by atoms with Crippen molar-refractivity contribution in [1.29, 1.82) is 0 Å². The van der Waals surface area contributed by atoms with Gasteiger partial charge in [-0.3, -0.25) is 37.3 Å². The van der Waals surface area contributed by atoms with Crippen LogP contribution in [0.3, 0.4) is 0 Å². The van der Waals surface area contributed by atoms with Crippen LogP contribution in [-0.4, -0.2) is 96.7 Å². The predicted octanol–water partition coefficient (Wildman–Crippen LogP) is 23.1. The highest BCUT2D eigenvalue weighted by Gasteiger charge is 2.30. The highest BCUT2D eigenvalue weighted by molar-refractivity contribution is 7.47. The molecular weight excluding hydrogens is 1380 g/mol. The number of aliphatic hydroxyl groups is 1. The summed E-state index contributed by atoms with van der Waals surface area (Å²) < 4.78 is 68.3. The Hall–Kier alpha value is -6.36. The van der Waals surface area contributed by atoms with Crippen molar-refractivity contribution in [2.24, 2.45) is 0 Å². The first-order valence-corrected chi connectivity index (χ1v) is 42.3. The summed E-state index contributed by atoms with van der Waals surface area (Å²) in [4.78, 5) is 72.9. The van der Waals surface area contributed by atoms with Crippen LogP contribution in [0, 0.1) is 0 Å². The molecule has 0 aromatic carbocycles. The molecule has 0 radical (unpaired) electrons. The van der Waals surface area contributed by atoms with Crippen LogP contribution in [0.15, 0.2) is 207 Å². The highest BCUT2D eigenvalue weighted by atomic mass is 31.2. The number of hydrogen-bond donors (Lipinski definition) is 3. The lowest BCUT2D eigenvalue weighted by atomic mass is 10.1. The van der Waals surface area contributed by atoms with Crippen molar-refractivity contribution in [1.82, 2.24) is 0 Å². The van der Waals surface area contributed by atoms with E-state index < -0.39 is 97.5 Å². The Morgan fingerprint density at radius 2 is 0.547 bits per heavy atom. The van der Waals surface area contributed by atoms with Gasteiger partial charge in [-0.25, -0.2) is 9.13 Å². The van der Waals surface area contributed by atoms with Gasteiger partial charge in [0.1, 0.15) is 19.3 Å². The molecule has 0 amide bonds. The fourth-order valence-electron chi connectivity index (χ4n) is 9.41. The van der Waals surface area contributed by atoms with Crippen LogP contribution < -0.4 is 0 Å². The zero-order valence-corrected chi connectivity index (χ0v) is 66.8. The Kier molecular flexibility index (Phi) is 72.2. The van der Waals surface area contributed by atoms with E-state index in [0.717, 1.165) is 173 Å². The molecule has 0 spiro atoms. The summed E-state index contributed by atoms with van der Waals surface area (Å²) in [7, 11) is -10.0. The van der Waals surface area contributed by atoms with Crippen molar-refractivity contribution in [2.45, 2.75) is 277 Å². The van der Waals surface area contributed by atoms with Crippen molar-refractivity contribution in [3.05, 3.63) is 207 Å². The number of unbranched alkanes of at least 4 members (excludes halogenated alkanes) is 12. The lowest BCUT2D eigenvalue weighted by Crippen LogP contribution is -2.30. The minimum atomic E-state index is -5.02. The number of phosphoric acid groups is 2. The summed E-state index contributed by atoms with van der Waals surface area (Å²) in [5, 5.41) is 10.6. The third-order valence-corrected chi connectivity index (χ3v) is 17.2. The van der Waals surface area contributed by atoms with Crippen molar-refractivity contribution in [2.75, 3.05) is 39.6 Å². The number of carbonyl (C=O) groups excluding carboxylic acids is 4. The largest absolute Gasteiger partial charge is 0.472 e. The summed E-state index contributed by atoms with van der Waals surface area (Å²) in [6.07, 6.45) is 95.8. The van der Waals surface area contributed by atoms with Crippen LogP contribution in [0.4, 0.5) is 0 Å². The summed E-state index contributed by atoms with van der Waals surface area (Å²) >= 11 is 0. The number of rotatable bonds is 71. The Bertz CT molecular complexity index is 2830. The van der Waals surface area contributed by atoms with E-state index in [1.807, 2.05) is 30.4 Å². The molecule has 0 rings (SSSR count). The van der Waals surface area contributed by atoms with E-state index in [4.69, 9.17) is 37.0 Å². The molecule has 0 aliphatic rings. The van der Waals surface area contributed by atoms with E-state index in [1.165, 1.54) is 0 Å². The summed E-state index contributed by atoms with van der Waals surface area (Å²) in [5.74, 6) is -2.48. The Morgan fingerprint density at radius 1 is 0.283 bits per heavy atom. The molecule has 5 unspecified atom stereocenters. The predicted molar refractivity (Wildman–Crippen MR) is 435 cm³/mol. The van der Waals surface area contributed by atoms with E-state index in [0.29, 0.717) is 32.1 Å². The SMILES string of the molecule is CC/C=C\C/C=C\C/C=C\C/C=C\C/C=C\C/C=C\CCC(=O)OCC(COP(=O)(O)OCC(O)COP(=O)(O)OCC(COC(=O)CCCCCCCC/C=C\C/C=C\C/C=C\C/C=C\CC)OC(=O)C/C=C\C/C=C\C/C=C\C/C=C\C/C=C\CC)OC(=O)CCCCCCC/C=C\C/C=C\CCC. The van der Waals surface area contributed by atoms with Crippen molar-refractivity contribution in [3.63, 3.8) is 0 Å². The average Bonchev–Trinajstić information content (AvgIpc) is 0.901. The van der Waals surface area contributed by atoms with Gasteiger partial charge in [0.25, 0.3) is 0 Å². The van der Waals surface area contributed by atoms with E-state index >= 15 is 0 Å². The van der Waals surface area contributed by atoms with Gasteiger partial charge in [0.15, 0.2) is 12.2 Å². The molecule has 0 saturated heterocycles. The van der Waals surface area contributed by atoms with Crippen molar-refractivity contribution >= 4 is 39.5 Å². The molecule has 0 aromatic heterocycles. The molecular formula is C87H136O17P2. The van der Waals surface area contributed by atoms with Gasteiger partial charge in [0.05, 0.1) is 32.8 Å². The van der Waals surface area contributed by atoms with Gasteiger partial charge in [-0.15, -0.1) is 0 Å². The minimum absolute atomic E-state index is 0.0227. The van der Waals surface area contributed by atoms with Gasteiger partial charge in [-0.05, 0) is 154 Å². The summed E-state index contributed by atoms with van der Waals surface area (Å²) in [6.45, 7) is 4.19.